The van der Waals surface area contributed by atoms with Crippen molar-refractivity contribution in [3.05, 3.63) is 71.9 Å². The number of aliphatic hydroxyl groups excluding tert-OH is 2. The van der Waals surface area contributed by atoms with E-state index in [0.29, 0.717) is 0 Å². The van der Waals surface area contributed by atoms with Crippen LogP contribution in [0.3, 0.4) is 0 Å². The Balaban J connectivity index is 1.81. The average molecular weight is 611 g/mol. The van der Waals surface area contributed by atoms with Gasteiger partial charge in [0.1, 0.15) is 30.0 Å². The monoisotopic (exact) mass is 610 g/mol. The van der Waals surface area contributed by atoms with Crippen LogP contribution in [0.15, 0.2) is 65.9 Å². The Morgan fingerprint density at radius 2 is 1.59 bits per heavy atom. The standard InChI is InChI=1S/C32H42N4O8/c1-19(2)30(42-4)28(29(39)20(3)37)36-44-18-27(38)34-25(16-22-17-33-24-14-10-9-13-23(22)24)31(40)35-26(32(41)43-5)15-21-11-7-6-8-12-21/h6-14,17,19-20,25-26,29-30,33,37,39H,15-16,18H2,1-5H3,(H,34,38)(H,35,40)/b36-28+/t20?,25-,26+,29?,30-/m0/s1. The number of H-pyrrole nitrogens is 1. The summed E-state index contributed by atoms with van der Waals surface area (Å²) in [5.74, 6) is -2.01. The Hall–Kier alpha value is -4.26. The lowest BCUT2D eigenvalue weighted by Gasteiger charge is -2.25. The van der Waals surface area contributed by atoms with Gasteiger partial charge in [0.15, 0.2) is 6.61 Å². The molecule has 3 rings (SSSR count). The van der Waals surface area contributed by atoms with E-state index >= 15 is 0 Å². The minimum absolute atomic E-state index is 0.0280. The van der Waals surface area contributed by atoms with Gasteiger partial charge < -0.3 is 40.1 Å². The maximum atomic E-state index is 13.6. The number of aliphatic hydroxyl groups is 2. The van der Waals surface area contributed by atoms with Crippen LogP contribution in [-0.4, -0.2) is 89.9 Å². The largest absolute Gasteiger partial charge is 0.467 e. The highest BCUT2D eigenvalue weighted by atomic mass is 16.6. The van der Waals surface area contributed by atoms with Crippen molar-refractivity contribution in [3.63, 3.8) is 0 Å². The highest BCUT2D eigenvalue weighted by Gasteiger charge is 2.31. The molecule has 0 radical (unpaired) electrons. The van der Waals surface area contributed by atoms with Crippen molar-refractivity contribution in [1.82, 2.24) is 15.6 Å². The van der Waals surface area contributed by atoms with E-state index in [4.69, 9.17) is 14.3 Å². The Labute approximate surface area is 256 Å². The normalized spacial score (nSPS) is 15.2. The molecule has 0 spiro atoms. The number of amides is 2. The van der Waals surface area contributed by atoms with Gasteiger partial charge in [0.25, 0.3) is 5.91 Å². The van der Waals surface area contributed by atoms with Crippen molar-refractivity contribution in [2.45, 2.75) is 64.0 Å². The van der Waals surface area contributed by atoms with E-state index in [0.717, 1.165) is 22.0 Å². The van der Waals surface area contributed by atoms with E-state index in [1.54, 1.807) is 6.20 Å². The molecule has 1 aromatic heterocycles. The molecule has 44 heavy (non-hydrogen) atoms. The molecule has 1 heterocycles. The van der Waals surface area contributed by atoms with Crippen LogP contribution in [-0.2, 0) is 41.5 Å². The summed E-state index contributed by atoms with van der Waals surface area (Å²) in [6.45, 7) is 4.50. The second-order valence-electron chi connectivity index (χ2n) is 10.8. The summed E-state index contributed by atoms with van der Waals surface area (Å²) in [5, 5.41) is 30.6. The third kappa shape index (κ3) is 9.37. The van der Waals surface area contributed by atoms with Gasteiger partial charge in [-0.05, 0) is 30.0 Å². The van der Waals surface area contributed by atoms with Crippen molar-refractivity contribution < 1.29 is 38.9 Å². The first-order valence-electron chi connectivity index (χ1n) is 14.4. The lowest BCUT2D eigenvalue weighted by atomic mass is 9.96. The number of ether oxygens (including phenoxy) is 2. The molecule has 0 aliphatic carbocycles. The SMILES string of the molecule is COC(=O)[C@@H](Cc1ccccc1)NC(=O)[C@H](Cc1c[nH]c2ccccc12)NC(=O)CO/N=C(\C(O)C(C)O)[C@@H](OC)C(C)C. The van der Waals surface area contributed by atoms with Crippen LogP contribution in [0.25, 0.3) is 10.9 Å². The van der Waals surface area contributed by atoms with Crippen LogP contribution < -0.4 is 10.6 Å². The topological polar surface area (TPSA) is 172 Å². The van der Waals surface area contributed by atoms with E-state index in [9.17, 15) is 24.6 Å². The molecular formula is C32H42N4O8. The van der Waals surface area contributed by atoms with E-state index in [1.807, 2.05) is 68.4 Å². The lowest BCUT2D eigenvalue weighted by Crippen LogP contribution is -2.53. The van der Waals surface area contributed by atoms with Crippen LogP contribution in [0, 0.1) is 5.92 Å². The number of fused-ring (bicyclic) bond motifs is 1. The molecule has 0 saturated carbocycles. The Bertz CT molecular complexity index is 1410. The van der Waals surface area contributed by atoms with Crippen molar-refractivity contribution in [3.8, 4) is 0 Å². The highest BCUT2D eigenvalue weighted by molar-refractivity contribution is 5.94. The fourth-order valence-corrected chi connectivity index (χ4v) is 4.84. The van der Waals surface area contributed by atoms with Gasteiger partial charge in [0.2, 0.25) is 5.91 Å². The van der Waals surface area contributed by atoms with E-state index in [1.165, 1.54) is 21.1 Å². The molecule has 0 saturated heterocycles. The minimum Gasteiger partial charge on any atom is -0.467 e. The fraction of sp³-hybridized carbons (Fsp3) is 0.438. The number of rotatable bonds is 16. The zero-order chi connectivity index (χ0) is 32.2. The van der Waals surface area contributed by atoms with Gasteiger partial charge in [-0.3, -0.25) is 9.59 Å². The molecule has 5 atom stereocenters. The molecule has 12 heteroatoms. The van der Waals surface area contributed by atoms with E-state index in [-0.39, 0.29) is 24.5 Å². The Morgan fingerprint density at radius 1 is 0.909 bits per heavy atom. The van der Waals surface area contributed by atoms with Crippen molar-refractivity contribution in [2.24, 2.45) is 11.1 Å². The van der Waals surface area contributed by atoms with Crippen molar-refractivity contribution in [2.75, 3.05) is 20.8 Å². The molecular weight excluding hydrogens is 568 g/mol. The zero-order valence-electron chi connectivity index (χ0n) is 25.7. The number of hydrogen-bond donors (Lipinski definition) is 5. The van der Waals surface area contributed by atoms with Gasteiger partial charge in [-0.2, -0.15) is 0 Å². The second kappa shape index (κ2) is 16.6. The Morgan fingerprint density at radius 3 is 2.23 bits per heavy atom. The lowest BCUT2D eigenvalue weighted by molar-refractivity contribution is -0.145. The first kappa shape index (κ1) is 34.2. The van der Waals surface area contributed by atoms with Gasteiger partial charge in [0, 0.05) is 37.1 Å². The quantitative estimate of drug-likeness (QED) is 0.0930. The molecule has 3 aromatic rings. The summed E-state index contributed by atoms with van der Waals surface area (Å²) in [6, 6.07) is 14.6. The van der Waals surface area contributed by atoms with Gasteiger partial charge in [-0.15, -0.1) is 0 Å². The highest BCUT2D eigenvalue weighted by Crippen LogP contribution is 2.19. The zero-order valence-corrected chi connectivity index (χ0v) is 25.7. The number of carbonyl (C=O) groups excluding carboxylic acids is 3. The predicted molar refractivity (Wildman–Crippen MR) is 165 cm³/mol. The number of oxime groups is 1. The summed E-state index contributed by atoms with van der Waals surface area (Å²) >= 11 is 0. The maximum absolute atomic E-state index is 13.6. The number of hydrogen-bond acceptors (Lipinski definition) is 9. The molecule has 2 amide bonds. The van der Waals surface area contributed by atoms with Gasteiger partial charge in [-0.25, -0.2) is 4.79 Å². The summed E-state index contributed by atoms with van der Waals surface area (Å²) in [4.78, 5) is 47.7. The third-order valence-corrected chi connectivity index (χ3v) is 7.11. The number of para-hydroxylation sites is 1. The Kier molecular flexibility index (Phi) is 12.9. The molecule has 2 aromatic carbocycles. The van der Waals surface area contributed by atoms with E-state index in [2.05, 4.69) is 20.8 Å². The molecule has 0 aliphatic rings. The van der Waals surface area contributed by atoms with Crippen molar-refractivity contribution in [1.29, 1.82) is 0 Å². The number of nitrogens with zero attached hydrogens (tertiary/aromatic N) is 1. The molecule has 2 unspecified atom stereocenters. The maximum Gasteiger partial charge on any atom is 0.328 e. The second-order valence-corrected chi connectivity index (χ2v) is 10.8. The van der Waals surface area contributed by atoms with Crippen LogP contribution in [0.1, 0.15) is 31.9 Å². The number of nitrogens with one attached hydrogen (secondary N) is 3. The van der Waals surface area contributed by atoms with Gasteiger partial charge >= 0.3 is 5.97 Å². The van der Waals surface area contributed by atoms with Crippen LogP contribution in [0.5, 0.6) is 0 Å². The first-order valence-corrected chi connectivity index (χ1v) is 14.4. The molecule has 0 aliphatic heterocycles. The van der Waals surface area contributed by atoms with E-state index < -0.39 is 54.8 Å². The number of carbonyl (C=O) groups is 3. The molecule has 0 bridgehead atoms. The van der Waals surface area contributed by atoms with Crippen molar-refractivity contribution >= 4 is 34.4 Å². The predicted octanol–water partition coefficient (Wildman–Crippen LogP) is 1.88. The summed E-state index contributed by atoms with van der Waals surface area (Å²) in [6.07, 6.45) is -1.16. The average Bonchev–Trinajstić information content (AvgIpc) is 3.42. The molecule has 238 valence electrons. The minimum atomic E-state index is -1.38. The third-order valence-electron chi connectivity index (χ3n) is 7.11. The summed E-state index contributed by atoms with van der Waals surface area (Å²) in [7, 11) is 2.68. The molecule has 0 fully saturated rings. The summed E-state index contributed by atoms with van der Waals surface area (Å²) in [5.41, 5.74) is 2.49. The van der Waals surface area contributed by atoms with Gasteiger partial charge in [-0.1, -0.05) is 67.5 Å². The summed E-state index contributed by atoms with van der Waals surface area (Å²) < 4.78 is 10.4. The number of methoxy groups -OCH3 is 2. The van der Waals surface area contributed by atoms with Crippen LogP contribution in [0.4, 0.5) is 0 Å². The van der Waals surface area contributed by atoms with Crippen LogP contribution >= 0.6 is 0 Å². The smallest absolute Gasteiger partial charge is 0.328 e. The molecule has 12 nitrogen and oxygen atoms in total. The number of esters is 1. The number of aromatic nitrogens is 1. The first-order chi connectivity index (χ1) is 21.0. The van der Waals surface area contributed by atoms with Gasteiger partial charge in [0.05, 0.1) is 13.2 Å². The van der Waals surface area contributed by atoms with Crippen LogP contribution in [0.2, 0.25) is 0 Å². The number of benzene rings is 2. The number of aromatic amines is 1. The molecule has 5 N–H and O–H groups in total. The fourth-order valence-electron chi connectivity index (χ4n) is 4.84.